The Kier molecular flexibility index (Phi) is 7.85. The molecule has 0 aromatic heterocycles. The Balaban J connectivity index is 1.86. The smallest absolute Gasteiger partial charge is 0.193 e. The molecule has 2 rings (SSSR count). The van der Waals surface area contributed by atoms with Crippen molar-refractivity contribution in [1.29, 1.82) is 0 Å². The number of rotatable bonds is 6. The van der Waals surface area contributed by atoms with Crippen LogP contribution in [0.25, 0.3) is 0 Å². The molecule has 0 unspecified atom stereocenters. The first-order chi connectivity index (χ1) is 11.6. The Hall–Kier alpha value is -1.27. The van der Waals surface area contributed by atoms with Gasteiger partial charge in [-0.1, -0.05) is 15.9 Å². The van der Waals surface area contributed by atoms with Gasteiger partial charge in [0.05, 0.1) is 7.11 Å². The first-order valence-electron chi connectivity index (χ1n) is 8.46. The molecule has 1 saturated heterocycles. The van der Waals surface area contributed by atoms with Crippen molar-refractivity contribution in [2.24, 2.45) is 10.9 Å². The van der Waals surface area contributed by atoms with Crippen molar-refractivity contribution >= 4 is 21.9 Å². The largest absolute Gasteiger partial charge is 0.496 e. The standard InChI is InChI=1S/C18H28BrN3O2/c1-20-18(22(2)9-6-14-7-10-24-11-8-14)21-13-15-12-16(19)4-5-17(15)23-3/h4-5,12,14H,6-11,13H2,1-3H3,(H,20,21). The van der Waals surface area contributed by atoms with Gasteiger partial charge in [0, 0.05) is 50.4 Å². The summed E-state index contributed by atoms with van der Waals surface area (Å²) in [5, 5.41) is 3.43. The second kappa shape index (κ2) is 9.89. The fourth-order valence-electron chi connectivity index (χ4n) is 2.96. The minimum atomic E-state index is 0.677. The Morgan fingerprint density at radius 1 is 1.42 bits per heavy atom. The van der Waals surface area contributed by atoms with Gasteiger partial charge in [0.1, 0.15) is 5.75 Å². The molecule has 0 atom stereocenters. The van der Waals surface area contributed by atoms with E-state index in [1.165, 1.54) is 19.3 Å². The highest BCUT2D eigenvalue weighted by atomic mass is 79.9. The third-order valence-corrected chi connectivity index (χ3v) is 4.96. The molecule has 1 fully saturated rings. The number of nitrogens with zero attached hydrogens (tertiary/aromatic N) is 2. The van der Waals surface area contributed by atoms with Crippen LogP contribution in [0.2, 0.25) is 0 Å². The fourth-order valence-corrected chi connectivity index (χ4v) is 3.37. The lowest BCUT2D eigenvalue weighted by molar-refractivity contribution is 0.0625. The molecule has 1 aliphatic heterocycles. The van der Waals surface area contributed by atoms with E-state index in [1.807, 2.05) is 19.2 Å². The number of ether oxygens (including phenoxy) is 2. The highest BCUT2D eigenvalue weighted by Gasteiger charge is 2.15. The fraction of sp³-hybridized carbons (Fsp3) is 0.611. The summed E-state index contributed by atoms with van der Waals surface area (Å²) in [4.78, 5) is 6.59. The third kappa shape index (κ3) is 5.67. The number of nitrogens with one attached hydrogen (secondary N) is 1. The van der Waals surface area contributed by atoms with Crippen LogP contribution in [0, 0.1) is 5.92 Å². The third-order valence-electron chi connectivity index (χ3n) is 4.47. The zero-order chi connectivity index (χ0) is 17.4. The number of hydrogen-bond donors (Lipinski definition) is 1. The van der Waals surface area contributed by atoms with Crippen LogP contribution in [-0.4, -0.2) is 51.8 Å². The van der Waals surface area contributed by atoms with Crippen molar-refractivity contribution < 1.29 is 9.47 Å². The molecule has 0 bridgehead atoms. The minimum Gasteiger partial charge on any atom is -0.496 e. The second-order valence-corrected chi connectivity index (χ2v) is 7.04. The quantitative estimate of drug-likeness (QED) is 0.590. The maximum atomic E-state index is 5.43. The molecule has 5 nitrogen and oxygen atoms in total. The van der Waals surface area contributed by atoms with Gasteiger partial charge in [-0.3, -0.25) is 4.99 Å². The van der Waals surface area contributed by atoms with Crippen molar-refractivity contribution in [1.82, 2.24) is 10.2 Å². The van der Waals surface area contributed by atoms with Crippen molar-refractivity contribution in [3.05, 3.63) is 28.2 Å². The zero-order valence-electron chi connectivity index (χ0n) is 14.8. The van der Waals surface area contributed by atoms with E-state index < -0.39 is 0 Å². The van der Waals surface area contributed by atoms with Crippen molar-refractivity contribution in [3.63, 3.8) is 0 Å². The van der Waals surface area contributed by atoms with Crippen LogP contribution in [-0.2, 0) is 11.3 Å². The van der Waals surface area contributed by atoms with Crippen molar-refractivity contribution in [3.8, 4) is 5.75 Å². The molecule has 0 spiro atoms. The number of hydrogen-bond acceptors (Lipinski definition) is 3. The lowest BCUT2D eigenvalue weighted by atomic mass is 9.96. The van der Waals surface area contributed by atoms with Gasteiger partial charge < -0.3 is 19.7 Å². The Morgan fingerprint density at radius 2 is 2.17 bits per heavy atom. The number of guanidine groups is 1. The van der Waals surface area contributed by atoms with E-state index in [2.05, 4.69) is 44.3 Å². The predicted octanol–water partition coefficient (Wildman–Crippen LogP) is 3.28. The summed E-state index contributed by atoms with van der Waals surface area (Å²) in [7, 11) is 5.61. The average Bonchev–Trinajstić information content (AvgIpc) is 2.61. The molecule has 0 saturated carbocycles. The second-order valence-electron chi connectivity index (χ2n) is 6.12. The van der Waals surface area contributed by atoms with Crippen LogP contribution in [0.1, 0.15) is 24.8 Å². The molecule has 0 amide bonds. The molecule has 1 aromatic carbocycles. The highest BCUT2D eigenvalue weighted by molar-refractivity contribution is 9.10. The summed E-state index contributed by atoms with van der Waals surface area (Å²) in [6.07, 6.45) is 3.53. The van der Waals surface area contributed by atoms with Crippen LogP contribution in [0.4, 0.5) is 0 Å². The van der Waals surface area contributed by atoms with Gasteiger partial charge in [-0.25, -0.2) is 0 Å². The monoisotopic (exact) mass is 397 g/mol. The van der Waals surface area contributed by atoms with Gasteiger partial charge >= 0.3 is 0 Å². The first kappa shape index (κ1) is 19.1. The van der Waals surface area contributed by atoms with Gasteiger partial charge in [-0.05, 0) is 43.4 Å². The van der Waals surface area contributed by atoms with Crippen LogP contribution in [0.3, 0.4) is 0 Å². The van der Waals surface area contributed by atoms with Crippen molar-refractivity contribution in [2.75, 3.05) is 41.0 Å². The summed E-state index contributed by atoms with van der Waals surface area (Å²) >= 11 is 3.51. The minimum absolute atomic E-state index is 0.677. The van der Waals surface area contributed by atoms with Gasteiger partial charge in [0.2, 0.25) is 0 Å². The molecule has 1 aromatic rings. The maximum Gasteiger partial charge on any atom is 0.193 e. The molecular formula is C18H28BrN3O2. The molecule has 24 heavy (non-hydrogen) atoms. The summed E-state index contributed by atoms with van der Waals surface area (Å²) in [6, 6.07) is 6.02. The lowest BCUT2D eigenvalue weighted by Crippen LogP contribution is -2.39. The van der Waals surface area contributed by atoms with E-state index in [9.17, 15) is 0 Å². The highest BCUT2D eigenvalue weighted by Crippen LogP contribution is 2.23. The van der Waals surface area contributed by atoms with E-state index in [0.29, 0.717) is 6.54 Å². The lowest BCUT2D eigenvalue weighted by Gasteiger charge is -2.27. The van der Waals surface area contributed by atoms with Crippen LogP contribution in [0.5, 0.6) is 5.75 Å². The molecule has 1 N–H and O–H groups in total. The normalized spacial score (nSPS) is 16.1. The van der Waals surface area contributed by atoms with Crippen molar-refractivity contribution in [2.45, 2.75) is 25.8 Å². The number of halogens is 1. The van der Waals surface area contributed by atoms with E-state index in [-0.39, 0.29) is 0 Å². The molecule has 0 radical (unpaired) electrons. The number of benzene rings is 1. The Bertz CT molecular complexity index is 545. The van der Waals surface area contributed by atoms with E-state index >= 15 is 0 Å². The maximum absolute atomic E-state index is 5.43. The van der Waals surface area contributed by atoms with Gasteiger partial charge in [-0.15, -0.1) is 0 Å². The van der Waals surface area contributed by atoms with Crippen LogP contribution >= 0.6 is 15.9 Å². The summed E-state index contributed by atoms with van der Waals surface area (Å²) in [6.45, 7) is 3.49. The number of aliphatic imine (C=N–C) groups is 1. The van der Waals surface area contributed by atoms with Gasteiger partial charge in [-0.2, -0.15) is 0 Å². The van der Waals surface area contributed by atoms with E-state index in [1.54, 1.807) is 7.11 Å². The molecular weight excluding hydrogens is 370 g/mol. The molecule has 134 valence electrons. The molecule has 0 aliphatic carbocycles. The first-order valence-corrected chi connectivity index (χ1v) is 9.25. The molecule has 6 heteroatoms. The van der Waals surface area contributed by atoms with E-state index in [0.717, 1.165) is 47.4 Å². The molecule has 1 heterocycles. The Morgan fingerprint density at radius 3 is 2.83 bits per heavy atom. The average molecular weight is 398 g/mol. The predicted molar refractivity (Wildman–Crippen MR) is 102 cm³/mol. The topological polar surface area (TPSA) is 46.1 Å². The summed E-state index contributed by atoms with van der Waals surface area (Å²) in [5.41, 5.74) is 1.10. The SMILES string of the molecule is CN=C(NCc1cc(Br)ccc1OC)N(C)CCC1CCOCC1. The van der Waals surface area contributed by atoms with Gasteiger partial charge in [0.15, 0.2) is 5.96 Å². The zero-order valence-corrected chi connectivity index (χ0v) is 16.4. The van der Waals surface area contributed by atoms with Crippen LogP contribution < -0.4 is 10.1 Å². The summed E-state index contributed by atoms with van der Waals surface area (Å²) in [5.74, 6) is 2.56. The number of methoxy groups -OCH3 is 1. The van der Waals surface area contributed by atoms with E-state index in [4.69, 9.17) is 9.47 Å². The van der Waals surface area contributed by atoms with Gasteiger partial charge in [0.25, 0.3) is 0 Å². The summed E-state index contributed by atoms with van der Waals surface area (Å²) < 4.78 is 11.9. The Labute approximate surface area is 153 Å². The van der Waals surface area contributed by atoms with Crippen LogP contribution in [0.15, 0.2) is 27.7 Å². The molecule has 1 aliphatic rings.